The first-order chi connectivity index (χ1) is 16.1. The Balaban J connectivity index is 1.10. The second-order valence-electron chi connectivity index (χ2n) is 10.1. The lowest BCUT2D eigenvalue weighted by Crippen LogP contribution is -2.39. The maximum absolute atomic E-state index is 12.3. The van der Waals surface area contributed by atoms with Gasteiger partial charge < -0.3 is 10.6 Å². The van der Waals surface area contributed by atoms with Crippen LogP contribution in [0.15, 0.2) is 60.7 Å². The molecule has 4 heteroatoms. The molecule has 4 nitrogen and oxygen atoms in total. The maximum atomic E-state index is 12.3. The molecule has 4 rings (SSSR count). The highest BCUT2D eigenvalue weighted by Crippen LogP contribution is 2.35. The number of hydrogen-bond donors (Lipinski definition) is 2. The molecule has 0 bridgehead atoms. The molecule has 0 saturated heterocycles. The lowest BCUT2D eigenvalue weighted by atomic mass is 9.75. The quantitative estimate of drug-likeness (QED) is 0.585. The first-order valence-corrected chi connectivity index (χ1v) is 12.8. The average molecular weight is 447 g/mol. The van der Waals surface area contributed by atoms with Crippen LogP contribution in [-0.2, 0) is 22.4 Å². The Morgan fingerprint density at radius 1 is 0.576 bits per heavy atom. The van der Waals surface area contributed by atoms with Crippen LogP contribution in [0.2, 0.25) is 0 Å². The Kier molecular flexibility index (Phi) is 8.57. The van der Waals surface area contributed by atoms with E-state index >= 15 is 0 Å². The summed E-state index contributed by atoms with van der Waals surface area (Å²) in [6.07, 6.45) is 11.6. The summed E-state index contributed by atoms with van der Waals surface area (Å²) in [5, 5.41) is 6.51. The van der Waals surface area contributed by atoms with E-state index in [2.05, 4.69) is 10.6 Å². The molecule has 2 aromatic rings. The standard InChI is InChI=1S/C29H38N2O2/c32-28(20-22-7-3-1-4-8-22)30-26-15-11-24(12-16-26)19-25-13-17-27(18-14-25)31-29(33)21-23-9-5-2-6-10-23/h1-10,24-27H,11-21H2,(H,30,32)(H,31,33). The fraction of sp³-hybridized carbons (Fsp3) is 0.517. The smallest absolute Gasteiger partial charge is 0.224 e. The number of nitrogens with one attached hydrogen (secondary N) is 2. The highest BCUT2D eigenvalue weighted by molar-refractivity contribution is 5.79. The fourth-order valence-corrected chi connectivity index (χ4v) is 5.68. The van der Waals surface area contributed by atoms with Gasteiger partial charge in [-0.25, -0.2) is 0 Å². The van der Waals surface area contributed by atoms with Crippen molar-refractivity contribution < 1.29 is 9.59 Å². The summed E-state index contributed by atoms with van der Waals surface area (Å²) in [4.78, 5) is 24.7. The Morgan fingerprint density at radius 2 is 0.939 bits per heavy atom. The summed E-state index contributed by atoms with van der Waals surface area (Å²) < 4.78 is 0. The van der Waals surface area contributed by atoms with Crippen molar-refractivity contribution >= 4 is 11.8 Å². The zero-order valence-corrected chi connectivity index (χ0v) is 19.7. The zero-order chi connectivity index (χ0) is 22.9. The van der Waals surface area contributed by atoms with Crippen LogP contribution in [-0.4, -0.2) is 23.9 Å². The number of carbonyl (C=O) groups is 2. The second kappa shape index (κ2) is 12.0. The molecule has 0 aromatic heterocycles. The lowest BCUT2D eigenvalue weighted by molar-refractivity contribution is -0.122. The Labute approximate surface area is 198 Å². The molecule has 2 N–H and O–H groups in total. The highest BCUT2D eigenvalue weighted by atomic mass is 16.2. The first kappa shape index (κ1) is 23.5. The van der Waals surface area contributed by atoms with Crippen LogP contribution in [0.3, 0.4) is 0 Å². The zero-order valence-electron chi connectivity index (χ0n) is 19.7. The molecule has 0 radical (unpaired) electrons. The molecule has 2 saturated carbocycles. The summed E-state index contributed by atoms with van der Waals surface area (Å²) in [7, 11) is 0. The molecule has 2 aliphatic carbocycles. The molecule has 2 amide bonds. The van der Waals surface area contributed by atoms with E-state index in [1.807, 2.05) is 60.7 Å². The molecule has 0 unspecified atom stereocenters. The predicted octanol–water partition coefficient (Wildman–Crippen LogP) is 5.21. The molecular formula is C29H38N2O2. The topological polar surface area (TPSA) is 58.2 Å². The van der Waals surface area contributed by atoms with Gasteiger partial charge in [0.2, 0.25) is 11.8 Å². The highest BCUT2D eigenvalue weighted by Gasteiger charge is 2.28. The van der Waals surface area contributed by atoms with Crippen molar-refractivity contribution in [1.82, 2.24) is 10.6 Å². The van der Waals surface area contributed by atoms with Crippen LogP contribution in [0.1, 0.15) is 68.9 Å². The van der Waals surface area contributed by atoms with Crippen molar-refractivity contribution in [2.24, 2.45) is 11.8 Å². The third-order valence-electron chi connectivity index (χ3n) is 7.51. The van der Waals surface area contributed by atoms with Crippen molar-refractivity contribution in [2.45, 2.75) is 82.7 Å². The summed E-state index contributed by atoms with van der Waals surface area (Å²) in [5.74, 6) is 1.89. The minimum Gasteiger partial charge on any atom is -0.353 e. The van der Waals surface area contributed by atoms with Gasteiger partial charge in [0.05, 0.1) is 12.8 Å². The lowest BCUT2D eigenvalue weighted by Gasteiger charge is -2.34. The van der Waals surface area contributed by atoms with Gasteiger partial charge in [0.15, 0.2) is 0 Å². The van der Waals surface area contributed by atoms with Crippen molar-refractivity contribution in [3.8, 4) is 0 Å². The van der Waals surface area contributed by atoms with Crippen molar-refractivity contribution in [1.29, 1.82) is 0 Å². The van der Waals surface area contributed by atoms with E-state index in [0.29, 0.717) is 24.9 Å². The van der Waals surface area contributed by atoms with E-state index in [1.54, 1.807) is 0 Å². The average Bonchev–Trinajstić information content (AvgIpc) is 2.83. The van der Waals surface area contributed by atoms with E-state index < -0.39 is 0 Å². The summed E-state index contributed by atoms with van der Waals surface area (Å²) in [5.41, 5.74) is 2.16. The van der Waals surface area contributed by atoms with Gasteiger partial charge in [0, 0.05) is 12.1 Å². The summed E-state index contributed by atoms with van der Waals surface area (Å²) in [6.45, 7) is 0. The number of hydrogen-bond acceptors (Lipinski definition) is 2. The van der Waals surface area contributed by atoms with Gasteiger partial charge in [0.25, 0.3) is 0 Å². The Bertz CT molecular complexity index is 794. The maximum Gasteiger partial charge on any atom is 0.224 e. The minimum atomic E-state index is 0.150. The second-order valence-corrected chi connectivity index (χ2v) is 10.1. The molecule has 0 heterocycles. The van der Waals surface area contributed by atoms with E-state index in [-0.39, 0.29) is 11.8 Å². The molecule has 2 aliphatic rings. The monoisotopic (exact) mass is 446 g/mol. The first-order valence-electron chi connectivity index (χ1n) is 12.8. The van der Waals surface area contributed by atoms with E-state index in [9.17, 15) is 9.59 Å². The molecule has 33 heavy (non-hydrogen) atoms. The minimum absolute atomic E-state index is 0.150. The van der Waals surface area contributed by atoms with Gasteiger partial charge in [-0.1, -0.05) is 60.7 Å². The fourth-order valence-electron chi connectivity index (χ4n) is 5.68. The van der Waals surface area contributed by atoms with Crippen LogP contribution < -0.4 is 10.6 Å². The third kappa shape index (κ3) is 7.73. The van der Waals surface area contributed by atoms with Crippen molar-refractivity contribution in [2.75, 3.05) is 0 Å². The molecule has 0 aliphatic heterocycles. The van der Waals surface area contributed by atoms with Crippen LogP contribution in [0, 0.1) is 11.8 Å². The summed E-state index contributed by atoms with van der Waals surface area (Å²) in [6, 6.07) is 20.6. The third-order valence-corrected chi connectivity index (χ3v) is 7.51. The van der Waals surface area contributed by atoms with E-state index in [4.69, 9.17) is 0 Å². The van der Waals surface area contributed by atoms with Crippen LogP contribution in [0.4, 0.5) is 0 Å². The van der Waals surface area contributed by atoms with Crippen LogP contribution in [0.5, 0.6) is 0 Å². The molecule has 2 aromatic carbocycles. The number of rotatable bonds is 8. The molecule has 176 valence electrons. The number of benzene rings is 2. The predicted molar refractivity (Wildman–Crippen MR) is 133 cm³/mol. The number of amides is 2. The molecular weight excluding hydrogens is 408 g/mol. The van der Waals surface area contributed by atoms with Gasteiger partial charge in [-0.15, -0.1) is 0 Å². The molecule has 0 atom stereocenters. The van der Waals surface area contributed by atoms with Gasteiger partial charge in [0.1, 0.15) is 0 Å². The summed E-state index contributed by atoms with van der Waals surface area (Å²) >= 11 is 0. The van der Waals surface area contributed by atoms with Gasteiger partial charge >= 0.3 is 0 Å². The van der Waals surface area contributed by atoms with E-state index in [0.717, 1.165) is 48.6 Å². The molecule has 0 spiro atoms. The van der Waals surface area contributed by atoms with Gasteiger partial charge in [-0.2, -0.15) is 0 Å². The SMILES string of the molecule is O=C(Cc1ccccc1)NC1CCC(CC2CCC(NC(=O)Cc3ccccc3)CC2)CC1. The Hall–Kier alpha value is -2.62. The van der Waals surface area contributed by atoms with E-state index in [1.165, 1.54) is 32.1 Å². The van der Waals surface area contributed by atoms with Crippen molar-refractivity contribution in [3.63, 3.8) is 0 Å². The Morgan fingerprint density at radius 3 is 1.30 bits per heavy atom. The van der Waals surface area contributed by atoms with Crippen LogP contribution >= 0.6 is 0 Å². The number of carbonyl (C=O) groups excluding carboxylic acids is 2. The van der Waals surface area contributed by atoms with Crippen LogP contribution in [0.25, 0.3) is 0 Å². The largest absolute Gasteiger partial charge is 0.353 e. The molecule has 2 fully saturated rings. The van der Waals surface area contributed by atoms with Crippen molar-refractivity contribution in [3.05, 3.63) is 71.8 Å². The van der Waals surface area contributed by atoms with Gasteiger partial charge in [-0.05, 0) is 80.8 Å². The van der Waals surface area contributed by atoms with Gasteiger partial charge in [-0.3, -0.25) is 9.59 Å². The normalized spacial score (nSPS) is 25.2.